The summed E-state index contributed by atoms with van der Waals surface area (Å²) in [5.41, 5.74) is 4.47. The summed E-state index contributed by atoms with van der Waals surface area (Å²) in [6, 6.07) is 26.5. The first-order chi connectivity index (χ1) is 14.7. The Bertz CT molecular complexity index is 840. The third-order valence-corrected chi connectivity index (χ3v) is 7.25. The molecular weight excluding hydrogens is 364 g/mol. The van der Waals surface area contributed by atoms with Gasteiger partial charge in [0, 0.05) is 17.9 Å². The minimum absolute atomic E-state index is 0.170. The largest absolute Gasteiger partial charge is 0.300 e. The van der Waals surface area contributed by atoms with Gasteiger partial charge in [0.1, 0.15) is 0 Å². The van der Waals surface area contributed by atoms with Crippen LogP contribution in [0, 0.1) is 11.8 Å². The summed E-state index contributed by atoms with van der Waals surface area (Å²) >= 11 is 0. The van der Waals surface area contributed by atoms with E-state index in [1.807, 2.05) is 6.20 Å². The molecule has 1 aliphatic carbocycles. The van der Waals surface area contributed by atoms with Gasteiger partial charge in [-0.2, -0.15) is 0 Å². The van der Waals surface area contributed by atoms with Gasteiger partial charge in [-0.3, -0.25) is 9.88 Å². The summed E-state index contributed by atoms with van der Waals surface area (Å²) in [4.78, 5) is 6.83. The molecule has 0 radical (unpaired) electrons. The molecule has 0 bridgehead atoms. The van der Waals surface area contributed by atoms with Crippen LogP contribution in [0.4, 0.5) is 0 Å². The summed E-state index contributed by atoms with van der Waals surface area (Å²) < 4.78 is 0. The molecule has 0 saturated heterocycles. The average molecular weight is 399 g/mol. The Morgan fingerprint density at radius 2 is 1.43 bits per heavy atom. The maximum atomic E-state index is 4.37. The molecule has 2 aromatic carbocycles. The van der Waals surface area contributed by atoms with Crippen LogP contribution in [0.1, 0.15) is 42.4 Å². The zero-order valence-electron chi connectivity index (χ0n) is 18.4. The monoisotopic (exact) mass is 398 g/mol. The smallest absolute Gasteiger partial charge is 0.0455 e. The molecule has 0 spiro atoms. The van der Waals surface area contributed by atoms with Crippen molar-refractivity contribution in [3.8, 4) is 0 Å². The van der Waals surface area contributed by atoms with Crippen LogP contribution in [0.15, 0.2) is 85.2 Å². The molecule has 2 heteroatoms. The van der Waals surface area contributed by atoms with Crippen LogP contribution in [-0.4, -0.2) is 24.0 Å². The molecule has 3 aromatic rings. The minimum Gasteiger partial charge on any atom is -0.300 e. The zero-order valence-corrected chi connectivity index (χ0v) is 18.4. The predicted molar refractivity (Wildman–Crippen MR) is 125 cm³/mol. The number of benzene rings is 2. The summed E-state index contributed by atoms with van der Waals surface area (Å²) in [7, 11) is 4.51. The fraction of sp³-hybridized carbons (Fsp3) is 0.393. The maximum Gasteiger partial charge on any atom is 0.0455 e. The highest BCUT2D eigenvalue weighted by molar-refractivity contribution is 5.26. The van der Waals surface area contributed by atoms with Crippen LogP contribution in [-0.2, 0) is 18.4 Å². The molecule has 1 unspecified atom stereocenters. The molecule has 1 atom stereocenters. The van der Waals surface area contributed by atoms with E-state index in [1.54, 1.807) is 0 Å². The first-order valence-corrected chi connectivity index (χ1v) is 11.3. The van der Waals surface area contributed by atoms with E-state index in [2.05, 4.69) is 103 Å². The molecule has 1 heterocycles. The summed E-state index contributed by atoms with van der Waals surface area (Å²) in [5.74, 6) is 1.41. The van der Waals surface area contributed by atoms with Crippen molar-refractivity contribution in [3.63, 3.8) is 0 Å². The lowest BCUT2D eigenvalue weighted by Crippen LogP contribution is -2.45. The van der Waals surface area contributed by atoms with E-state index in [4.69, 9.17) is 0 Å². The first kappa shape index (κ1) is 20.8. The second-order valence-corrected chi connectivity index (χ2v) is 9.14. The Labute approximate surface area is 182 Å². The number of aromatic nitrogens is 1. The molecular formula is C28H34N2. The van der Waals surface area contributed by atoms with Crippen LogP contribution in [0.25, 0.3) is 0 Å². The summed E-state index contributed by atoms with van der Waals surface area (Å²) in [6.07, 6.45) is 11.2. The highest BCUT2D eigenvalue weighted by Gasteiger charge is 2.40. The van der Waals surface area contributed by atoms with Gasteiger partial charge in [0.2, 0.25) is 0 Å². The van der Waals surface area contributed by atoms with Crippen LogP contribution in [0.5, 0.6) is 0 Å². The van der Waals surface area contributed by atoms with Crippen LogP contribution in [0.2, 0.25) is 0 Å². The zero-order chi connectivity index (χ0) is 20.8. The van der Waals surface area contributed by atoms with E-state index in [0.29, 0.717) is 5.92 Å². The number of nitrogens with zero attached hydrogens (tertiary/aromatic N) is 2. The molecule has 2 nitrogen and oxygen atoms in total. The second kappa shape index (κ2) is 9.57. The van der Waals surface area contributed by atoms with E-state index in [1.165, 1.54) is 42.4 Å². The van der Waals surface area contributed by atoms with Crippen LogP contribution >= 0.6 is 0 Å². The van der Waals surface area contributed by atoms with Gasteiger partial charge in [0.25, 0.3) is 0 Å². The number of rotatable bonds is 7. The SMILES string of the molecule is CN(C)C1(c2ccccc2)CCC(C(Cc2ccccc2)Cc2cccnc2)CC1. The van der Waals surface area contributed by atoms with Gasteiger partial charge < -0.3 is 0 Å². The van der Waals surface area contributed by atoms with Gasteiger partial charge >= 0.3 is 0 Å². The van der Waals surface area contributed by atoms with Crippen molar-refractivity contribution in [1.82, 2.24) is 9.88 Å². The van der Waals surface area contributed by atoms with Crippen molar-refractivity contribution in [2.24, 2.45) is 11.8 Å². The minimum atomic E-state index is 0.170. The van der Waals surface area contributed by atoms with Gasteiger partial charge in [-0.25, -0.2) is 0 Å². The first-order valence-electron chi connectivity index (χ1n) is 11.3. The van der Waals surface area contributed by atoms with Gasteiger partial charge in [0.15, 0.2) is 0 Å². The Balaban J connectivity index is 1.53. The van der Waals surface area contributed by atoms with Crippen molar-refractivity contribution < 1.29 is 0 Å². The lowest BCUT2D eigenvalue weighted by Gasteiger charge is -2.47. The van der Waals surface area contributed by atoms with Crippen molar-refractivity contribution in [3.05, 3.63) is 102 Å². The maximum absolute atomic E-state index is 4.37. The highest BCUT2D eigenvalue weighted by atomic mass is 15.1. The summed E-state index contributed by atoms with van der Waals surface area (Å²) in [6.45, 7) is 0. The van der Waals surface area contributed by atoms with E-state index in [0.717, 1.165) is 18.8 Å². The van der Waals surface area contributed by atoms with Gasteiger partial charge in [-0.05, 0) is 87.2 Å². The Kier molecular flexibility index (Phi) is 6.64. The molecule has 1 fully saturated rings. The fourth-order valence-electron chi connectivity index (χ4n) is 5.48. The summed E-state index contributed by atoms with van der Waals surface area (Å²) in [5, 5.41) is 0. The lowest BCUT2D eigenvalue weighted by atomic mass is 9.67. The Morgan fingerprint density at radius 3 is 2.03 bits per heavy atom. The van der Waals surface area contributed by atoms with E-state index < -0.39 is 0 Å². The molecule has 0 amide bonds. The molecule has 1 saturated carbocycles. The van der Waals surface area contributed by atoms with Crippen molar-refractivity contribution >= 4 is 0 Å². The van der Waals surface area contributed by atoms with E-state index in [9.17, 15) is 0 Å². The van der Waals surface area contributed by atoms with Crippen molar-refractivity contribution in [2.45, 2.75) is 44.1 Å². The molecule has 1 aromatic heterocycles. The fourth-order valence-corrected chi connectivity index (χ4v) is 5.48. The van der Waals surface area contributed by atoms with Gasteiger partial charge in [-0.1, -0.05) is 66.7 Å². The van der Waals surface area contributed by atoms with E-state index in [-0.39, 0.29) is 5.54 Å². The lowest BCUT2D eigenvalue weighted by molar-refractivity contribution is 0.0611. The highest BCUT2D eigenvalue weighted by Crippen LogP contribution is 2.45. The molecule has 4 rings (SSSR count). The number of pyridine rings is 1. The standard InChI is InChI=1S/C28H34N2/c1-30(2)28(27-13-7-4-8-14-27)17-15-25(16-18-28)26(20-23-10-5-3-6-11-23)21-24-12-9-19-29-22-24/h3-14,19,22,25-26H,15-18,20-21H2,1-2H3. The molecule has 30 heavy (non-hydrogen) atoms. The third-order valence-electron chi connectivity index (χ3n) is 7.25. The Morgan fingerprint density at radius 1 is 0.833 bits per heavy atom. The quantitative estimate of drug-likeness (QED) is 0.476. The normalized spacial score (nSPS) is 22.7. The van der Waals surface area contributed by atoms with Gasteiger partial charge in [0.05, 0.1) is 0 Å². The number of hydrogen-bond donors (Lipinski definition) is 0. The third kappa shape index (κ3) is 4.65. The van der Waals surface area contributed by atoms with Gasteiger partial charge in [-0.15, -0.1) is 0 Å². The van der Waals surface area contributed by atoms with E-state index >= 15 is 0 Å². The molecule has 0 aliphatic heterocycles. The number of hydrogen-bond acceptors (Lipinski definition) is 2. The predicted octanol–water partition coefficient (Wildman–Crippen LogP) is 6.13. The Hall–Kier alpha value is -2.45. The van der Waals surface area contributed by atoms with Crippen molar-refractivity contribution in [1.29, 1.82) is 0 Å². The van der Waals surface area contributed by atoms with Crippen molar-refractivity contribution in [2.75, 3.05) is 14.1 Å². The molecule has 1 aliphatic rings. The van der Waals surface area contributed by atoms with Crippen LogP contribution in [0.3, 0.4) is 0 Å². The average Bonchev–Trinajstić information content (AvgIpc) is 2.80. The van der Waals surface area contributed by atoms with Crippen LogP contribution < -0.4 is 0 Å². The molecule has 156 valence electrons. The molecule has 0 N–H and O–H groups in total. The topological polar surface area (TPSA) is 16.1 Å². The second-order valence-electron chi connectivity index (χ2n) is 9.14.